The number of pyridine rings is 1. The minimum absolute atomic E-state index is 0.664. The number of thioether (sulfide) groups is 1. The number of hydrogen-bond donors (Lipinski definition) is 0. The van der Waals surface area contributed by atoms with E-state index in [1.54, 1.807) is 18.0 Å². The van der Waals surface area contributed by atoms with E-state index < -0.39 is 0 Å². The first-order valence-electron chi connectivity index (χ1n) is 5.77. The molecular formula is C14H15N3S. The first-order valence-corrected chi connectivity index (χ1v) is 6.76. The predicted octanol–water partition coefficient (Wildman–Crippen LogP) is 2.76. The number of nitrogens with zero attached hydrogens (tertiary/aromatic N) is 3. The molecule has 0 amide bonds. The maximum atomic E-state index is 9.17. The van der Waals surface area contributed by atoms with Crippen LogP contribution in [0, 0.1) is 11.3 Å². The molecule has 0 aliphatic carbocycles. The number of rotatable bonds is 4. The Kier molecular flexibility index (Phi) is 4.19. The van der Waals surface area contributed by atoms with E-state index in [1.807, 2.05) is 24.3 Å². The quantitative estimate of drug-likeness (QED) is 0.790. The number of nitriles is 1. The minimum atomic E-state index is 0.664. The molecule has 1 heterocycles. The number of benzene rings is 1. The summed E-state index contributed by atoms with van der Waals surface area (Å²) in [5, 5.41) is 10.2. The van der Waals surface area contributed by atoms with Crippen LogP contribution in [0.4, 0.5) is 0 Å². The molecule has 0 saturated carbocycles. The molecule has 0 unspecified atom stereocenters. The molecule has 2 rings (SSSR count). The van der Waals surface area contributed by atoms with Crippen molar-refractivity contribution in [2.75, 3.05) is 26.4 Å². The molecule has 1 aromatic carbocycles. The third kappa shape index (κ3) is 2.81. The molecule has 4 heteroatoms. The van der Waals surface area contributed by atoms with E-state index >= 15 is 0 Å². The maximum absolute atomic E-state index is 9.17. The van der Waals surface area contributed by atoms with Crippen LogP contribution in [0.1, 0.15) is 5.56 Å². The van der Waals surface area contributed by atoms with Crippen molar-refractivity contribution < 1.29 is 0 Å². The summed E-state index contributed by atoms with van der Waals surface area (Å²) in [5.41, 5.74) is 1.61. The van der Waals surface area contributed by atoms with Gasteiger partial charge >= 0.3 is 0 Å². The molecule has 0 N–H and O–H groups in total. The summed E-state index contributed by atoms with van der Waals surface area (Å²) < 4.78 is 0. The van der Waals surface area contributed by atoms with Gasteiger partial charge in [-0.25, -0.2) is 0 Å². The minimum Gasteiger partial charge on any atom is -0.309 e. The summed E-state index contributed by atoms with van der Waals surface area (Å²) in [6.07, 6.45) is 1.67. The summed E-state index contributed by atoms with van der Waals surface area (Å²) in [7, 11) is 4.10. The van der Waals surface area contributed by atoms with Gasteiger partial charge in [-0.2, -0.15) is 5.26 Å². The lowest BCUT2D eigenvalue weighted by Crippen LogP contribution is -2.14. The monoisotopic (exact) mass is 257 g/mol. The standard InChI is InChI=1S/C14H15N3S/c1-17(2)7-8-18-14-11(9-15)10-16-13-6-4-3-5-12(13)14/h3-6,10H,7-8H2,1-2H3. The summed E-state index contributed by atoms with van der Waals surface area (Å²) in [6.45, 7) is 0.992. The van der Waals surface area contributed by atoms with Crippen molar-refractivity contribution in [3.63, 3.8) is 0 Å². The van der Waals surface area contributed by atoms with E-state index in [-0.39, 0.29) is 0 Å². The van der Waals surface area contributed by atoms with Crippen molar-refractivity contribution in [2.45, 2.75) is 4.90 Å². The van der Waals surface area contributed by atoms with Gasteiger partial charge in [0.25, 0.3) is 0 Å². The average Bonchev–Trinajstić information content (AvgIpc) is 2.38. The molecule has 0 aliphatic rings. The van der Waals surface area contributed by atoms with Crippen molar-refractivity contribution in [3.05, 3.63) is 36.0 Å². The van der Waals surface area contributed by atoms with Crippen LogP contribution in [0.25, 0.3) is 10.9 Å². The van der Waals surface area contributed by atoms with Gasteiger partial charge in [-0.3, -0.25) is 4.98 Å². The zero-order chi connectivity index (χ0) is 13.0. The van der Waals surface area contributed by atoms with Crippen LogP contribution < -0.4 is 0 Å². The van der Waals surface area contributed by atoms with Gasteiger partial charge in [-0.15, -0.1) is 11.8 Å². The Hall–Kier alpha value is -1.57. The predicted molar refractivity (Wildman–Crippen MR) is 75.7 cm³/mol. The van der Waals surface area contributed by atoms with Crippen molar-refractivity contribution in [1.82, 2.24) is 9.88 Å². The first-order chi connectivity index (χ1) is 8.72. The zero-order valence-electron chi connectivity index (χ0n) is 10.6. The number of para-hydroxylation sites is 1. The maximum Gasteiger partial charge on any atom is 0.102 e. The van der Waals surface area contributed by atoms with E-state index in [2.05, 4.69) is 30.0 Å². The molecule has 0 radical (unpaired) electrons. The Balaban J connectivity index is 2.36. The second-order valence-electron chi connectivity index (χ2n) is 4.28. The largest absolute Gasteiger partial charge is 0.309 e. The van der Waals surface area contributed by atoms with Crippen LogP contribution in [0.3, 0.4) is 0 Å². The van der Waals surface area contributed by atoms with E-state index in [0.717, 1.165) is 28.1 Å². The van der Waals surface area contributed by atoms with Gasteiger partial charge in [0.2, 0.25) is 0 Å². The molecule has 0 spiro atoms. The molecule has 3 nitrogen and oxygen atoms in total. The molecule has 0 saturated heterocycles. The second-order valence-corrected chi connectivity index (χ2v) is 5.39. The summed E-state index contributed by atoms with van der Waals surface area (Å²) in [4.78, 5) is 7.50. The second kappa shape index (κ2) is 5.85. The number of aromatic nitrogens is 1. The molecule has 0 fully saturated rings. The highest BCUT2D eigenvalue weighted by Crippen LogP contribution is 2.29. The lowest BCUT2D eigenvalue weighted by atomic mass is 10.2. The van der Waals surface area contributed by atoms with Gasteiger partial charge in [0.05, 0.1) is 11.1 Å². The topological polar surface area (TPSA) is 39.9 Å². The van der Waals surface area contributed by atoms with Crippen molar-refractivity contribution in [1.29, 1.82) is 5.26 Å². The third-order valence-corrected chi connectivity index (χ3v) is 3.75. The van der Waals surface area contributed by atoms with Gasteiger partial charge < -0.3 is 4.90 Å². The molecule has 18 heavy (non-hydrogen) atoms. The SMILES string of the molecule is CN(C)CCSc1c(C#N)cnc2ccccc12. The van der Waals surface area contributed by atoms with E-state index in [1.165, 1.54) is 0 Å². The van der Waals surface area contributed by atoms with Crippen LogP contribution >= 0.6 is 11.8 Å². The Bertz CT molecular complexity index is 587. The molecule has 2 aromatic rings. The fraction of sp³-hybridized carbons (Fsp3) is 0.286. The molecule has 1 aromatic heterocycles. The van der Waals surface area contributed by atoms with Crippen LogP contribution in [0.2, 0.25) is 0 Å². The third-order valence-electron chi connectivity index (χ3n) is 2.63. The highest BCUT2D eigenvalue weighted by Gasteiger charge is 2.08. The Morgan fingerprint density at radius 2 is 2.11 bits per heavy atom. The van der Waals surface area contributed by atoms with Crippen LogP contribution in [0.5, 0.6) is 0 Å². The highest BCUT2D eigenvalue weighted by atomic mass is 32.2. The highest BCUT2D eigenvalue weighted by molar-refractivity contribution is 7.99. The lowest BCUT2D eigenvalue weighted by molar-refractivity contribution is 0.437. The van der Waals surface area contributed by atoms with Gasteiger partial charge in [-0.05, 0) is 20.2 Å². The van der Waals surface area contributed by atoms with Gasteiger partial charge in [0, 0.05) is 28.8 Å². The van der Waals surface area contributed by atoms with Crippen molar-refractivity contribution in [3.8, 4) is 6.07 Å². The van der Waals surface area contributed by atoms with Crippen LogP contribution in [0.15, 0.2) is 35.4 Å². The van der Waals surface area contributed by atoms with E-state index in [4.69, 9.17) is 0 Å². The average molecular weight is 257 g/mol. The van der Waals surface area contributed by atoms with Gasteiger partial charge in [-0.1, -0.05) is 18.2 Å². The lowest BCUT2D eigenvalue weighted by Gasteiger charge is -2.11. The number of hydrogen-bond acceptors (Lipinski definition) is 4. The van der Waals surface area contributed by atoms with Crippen molar-refractivity contribution >= 4 is 22.7 Å². The molecule has 0 bridgehead atoms. The van der Waals surface area contributed by atoms with Crippen LogP contribution in [-0.2, 0) is 0 Å². The van der Waals surface area contributed by atoms with Gasteiger partial charge in [0.15, 0.2) is 0 Å². The van der Waals surface area contributed by atoms with E-state index in [0.29, 0.717) is 5.56 Å². The fourth-order valence-electron chi connectivity index (χ4n) is 1.68. The van der Waals surface area contributed by atoms with E-state index in [9.17, 15) is 5.26 Å². The zero-order valence-corrected chi connectivity index (χ0v) is 11.4. The number of fused-ring (bicyclic) bond motifs is 1. The summed E-state index contributed by atoms with van der Waals surface area (Å²) in [6, 6.07) is 10.2. The molecule has 0 atom stereocenters. The Morgan fingerprint density at radius 3 is 2.83 bits per heavy atom. The Morgan fingerprint density at radius 1 is 1.33 bits per heavy atom. The normalized spacial score (nSPS) is 10.8. The fourth-order valence-corrected chi connectivity index (χ4v) is 2.92. The Labute approximate surface area is 111 Å². The summed E-state index contributed by atoms with van der Waals surface area (Å²) >= 11 is 1.73. The molecule has 0 aliphatic heterocycles. The van der Waals surface area contributed by atoms with Gasteiger partial charge in [0.1, 0.15) is 6.07 Å². The molecule has 92 valence electrons. The smallest absolute Gasteiger partial charge is 0.102 e. The summed E-state index contributed by atoms with van der Waals surface area (Å²) in [5.74, 6) is 0.968. The molecular weight excluding hydrogens is 242 g/mol. The van der Waals surface area contributed by atoms with Crippen LogP contribution in [-0.4, -0.2) is 36.3 Å². The first kappa shape index (κ1) is 12.9. The van der Waals surface area contributed by atoms with Crippen molar-refractivity contribution in [2.24, 2.45) is 0 Å².